The number of aryl methyl sites for hydroxylation is 1. The second kappa shape index (κ2) is 5.51. The lowest BCUT2D eigenvalue weighted by atomic mass is 10.1. The smallest absolute Gasteiger partial charge is 0.336 e. The average Bonchev–Trinajstić information content (AvgIpc) is 2.14. The predicted molar refractivity (Wildman–Crippen MR) is 63.2 cm³/mol. The summed E-state index contributed by atoms with van der Waals surface area (Å²) in [7, 11) is 0. The van der Waals surface area contributed by atoms with Crippen molar-refractivity contribution in [3.8, 4) is 0 Å². The first kappa shape index (κ1) is 11.7. The standard InChI is InChI=1S/C10H10Br2O2/c11-5-1-2-7-3-4-8(10(13)14)9(12)6-7/h3-4,6H,1-2,5H2,(H,13,14). The lowest BCUT2D eigenvalue weighted by molar-refractivity contribution is 0.0696. The number of aromatic carboxylic acids is 1. The Bertz CT molecular complexity index is 337. The van der Waals surface area contributed by atoms with Crippen LogP contribution in [0.15, 0.2) is 22.7 Å². The molecule has 0 saturated carbocycles. The Labute approximate surface area is 99.6 Å². The highest BCUT2D eigenvalue weighted by molar-refractivity contribution is 9.10. The van der Waals surface area contributed by atoms with Gasteiger partial charge in [0.25, 0.3) is 0 Å². The fraction of sp³-hybridized carbons (Fsp3) is 0.300. The molecule has 0 spiro atoms. The first-order valence-corrected chi connectivity index (χ1v) is 6.14. The Hall–Kier alpha value is -0.350. The van der Waals surface area contributed by atoms with Crippen LogP contribution in [-0.4, -0.2) is 16.4 Å². The highest BCUT2D eigenvalue weighted by Gasteiger charge is 2.07. The van der Waals surface area contributed by atoms with Gasteiger partial charge in [0, 0.05) is 9.80 Å². The van der Waals surface area contributed by atoms with Crippen LogP contribution in [-0.2, 0) is 6.42 Å². The molecule has 0 bridgehead atoms. The minimum Gasteiger partial charge on any atom is -0.478 e. The second-order valence-electron chi connectivity index (χ2n) is 2.91. The summed E-state index contributed by atoms with van der Waals surface area (Å²) in [4.78, 5) is 10.7. The molecule has 4 heteroatoms. The minimum atomic E-state index is -0.899. The molecule has 0 saturated heterocycles. The Morgan fingerprint density at radius 1 is 1.43 bits per heavy atom. The van der Waals surface area contributed by atoms with Gasteiger partial charge < -0.3 is 5.11 Å². The summed E-state index contributed by atoms with van der Waals surface area (Å²) in [5, 5.41) is 9.76. The summed E-state index contributed by atoms with van der Waals surface area (Å²) in [5.41, 5.74) is 1.47. The van der Waals surface area contributed by atoms with Crippen molar-refractivity contribution in [3.63, 3.8) is 0 Å². The maximum absolute atomic E-state index is 10.7. The molecular weight excluding hydrogens is 312 g/mol. The molecule has 1 aromatic carbocycles. The van der Waals surface area contributed by atoms with E-state index in [9.17, 15) is 4.79 Å². The van der Waals surface area contributed by atoms with Gasteiger partial charge in [-0.2, -0.15) is 0 Å². The van der Waals surface area contributed by atoms with Crippen molar-refractivity contribution < 1.29 is 9.90 Å². The fourth-order valence-corrected chi connectivity index (χ4v) is 2.03. The van der Waals surface area contributed by atoms with E-state index in [-0.39, 0.29) is 0 Å². The number of rotatable bonds is 4. The zero-order valence-electron chi connectivity index (χ0n) is 7.46. The van der Waals surface area contributed by atoms with E-state index >= 15 is 0 Å². The molecule has 1 N–H and O–H groups in total. The normalized spacial score (nSPS) is 10.1. The number of benzene rings is 1. The fourth-order valence-electron chi connectivity index (χ4n) is 1.16. The maximum atomic E-state index is 10.7. The monoisotopic (exact) mass is 320 g/mol. The van der Waals surface area contributed by atoms with E-state index < -0.39 is 5.97 Å². The number of alkyl halides is 1. The lowest BCUT2D eigenvalue weighted by Gasteiger charge is -2.03. The molecule has 1 aromatic rings. The van der Waals surface area contributed by atoms with Crippen LogP contribution in [0.3, 0.4) is 0 Å². The quantitative estimate of drug-likeness (QED) is 0.862. The molecule has 0 radical (unpaired) electrons. The molecule has 1 rings (SSSR count). The SMILES string of the molecule is O=C(O)c1ccc(CCCBr)cc1Br. The zero-order chi connectivity index (χ0) is 10.6. The highest BCUT2D eigenvalue weighted by atomic mass is 79.9. The molecule has 0 amide bonds. The molecule has 0 atom stereocenters. The van der Waals surface area contributed by atoms with E-state index in [4.69, 9.17) is 5.11 Å². The van der Waals surface area contributed by atoms with E-state index in [1.807, 2.05) is 12.1 Å². The van der Waals surface area contributed by atoms with E-state index in [0.29, 0.717) is 10.0 Å². The summed E-state index contributed by atoms with van der Waals surface area (Å²) in [5.74, 6) is -0.899. The van der Waals surface area contributed by atoms with Gasteiger partial charge in [-0.05, 0) is 46.5 Å². The van der Waals surface area contributed by atoms with E-state index in [1.165, 1.54) is 0 Å². The third kappa shape index (κ3) is 3.10. The Morgan fingerprint density at radius 2 is 2.14 bits per heavy atom. The van der Waals surface area contributed by atoms with Gasteiger partial charge in [0.15, 0.2) is 0 Å². The summed E-state index contributed by atoms with van der Waals surface area (Å²) >= 11 is 6.60. The van der Waals surface area contributed by atoms with Crippen molar-refractivity contribution in [3.05, 3.63) is 33.8 Å². The first-order chi connectivity index (χ1) is 6.65. The number of hydrogen-bond donors (Lipinski definition) is 1. The second-order valence-corrected chi connectivity index (χ2v) is 4.56. The third-order valence-corrected chi connectivity index (χ3v) is 3.08. The predicted octanol–water partition coefficient (Wildman–Crippen LogP) is 3.47. The molecule has 76 valence electrons. The van der Waals surface area contributed by atoms with Gasteiger partial charge in [0.1, 0.15) is 0 Å². The summed E-state index contributed by atoms with van der Waals surface area (Å²) in [6.45, 7) is 0. The van der Waals surface area contributed by atoms with E-state index in [1.54, 1.807) is 6.07 Å². The minimum absolute atomic E-state index is 0.313. The van der Waals surface area contributed by atoms with Gasteiger partial charge in [-0.1, -0.05) is 22.0 Å². The van der Waals surface area contributed by atoms with Crippen molar-refractivity contribution >= 4 is 37.8 Å². The first-order valence-electron chi connectivity index (χ1n) is 4.23. The van der Waals surface area contributed by atoms with Gasteiger partial charge in [-0.3, -0.25) is 0 Å². The maximum Gasteiger partial charge on any atom is 0.336 e. The summed E-state index contributed by atoms with van der Waals surface area (Å²) in [6, 6.07) is 5.36. The number of carboxylic acids is 1. The molecule has 14 heavy (non-hydrogen) atoms. The van der Waals surface area contributed by atoms with Gasteiger partial charge in [0.05, 0.1) is 5.56 Å². The van der Waals surface area contributed by atoms with Crippen molar-refractivity contribution in [2.45, 2.75) is 12.8 Å². The van der Waals surface area contributed by atoms with Crippen molar-refractivity contribution in [2.75, 3.05) is 5.33 Å². The van der Waals surface area contributed by atoms with E-state index in [2.05, 4.69) is 31.9 Å². The van der Waals surface area contributed by atoms with Gasteiger partial charge in [0.2, 0.25) is 0 Å². The molecule has 0 fully saturated rings. The van der Waals surface area contributed by atoms with Crippen LogP contribution >= 0.6 is 31.9 Å². The number of hydrogen-bond acceptors (Lipinski definition) is 1. The highest BCUT2D eigenvalue weighted by Crippen LogP contribution is 2.19. The molecule has 0 aliphatic carbocycles. The summed E-state index contributed by atoms with van der Waals surface area (Å²) in [6.07, 6.45) is 2.02. The molecule has 0 aliphatic heterocycles. The van der Waals surface area contributed by atoms with Gasteiger partial charge in [-0.15, -0.1) is 0 Å². The molecule has 0 aliphatic rings. The Balaban J connectivity index is 2.83. The van der Waals surface area contributed by atoms with Crippen LogP contribution in [0.5, 0.6) is 0 Å². The van der Waals surface area contributed by atoms with Crippen LogP contribution in [0.1, 0.15) is 22.3 Å². The van der Waals surface area contributed by atoms with Crippen LogP contribution in [0.25, 0.3) is 0 Å². The van der Waals surface area contributed by atoms with Crippen LogP contribution in [0, 0.1) is 0 Å². The largest absolute Gasteiger partial charge is 0.478 e. The molecule has 0 aromatic heterocycles. The molecular formula is C10H10Br2O2. The lowest BCUT2D eigenvalue weighted by Crippen LogP contribution is -1.98. The Morgan fingerprint density at radius 3 is 2.64 bits per heavy atom. The van der Waals surface area contributed by atoms with E-state index in [0.717, 1.165) is 23.7 Å². The Kier molecular flexibility index (Phi) is 4.62. The van der Waals surface area contributed by atoms with Crippen LogP contribution in [0.4, 0.5) is 0 Å². The number of halogens is 2. The molecule has 0 heterocycles. The van der Waals surface area contributed by atoms with Crippen molar-refractivity contribution in [1.82, 2.24) is 0 Å². The van der Waals surface area contributed by atoms with Gasteiger partial charge in [-0.25, -0.2) is 4.79 Å². The average molecular weight is 322 g/mol. The van der Waals surface area contributed by atoms with Crippen LogP contribution in [0.2, 0.25) is 0 Å². The third-order valence-electron chi connectivity index (χ3n) is 1.86. The van der Waals surface area contributed by atoms with Crippen molar-refractivity contribution in [1.29, 1.82) is 0 Å². The number of carboxylic acid groups (broad SMARTS) is 1. The van der Waals surface area contributed by atoms with Gasteiger partial charge >= 0.3 is 5.97 Å². The zero-order valence-corrected chi connectivity index (χ0v) is 10.6. The number of carbonyl (C=O) groups is 1. The van der Waals surface area contributed by atoms with Crippen LogP contribution < -0.4 is 0 Å². The molecule has 0 unspecified atom stereocenters. The summed E-state index contributed by atoms with van der Waals surface area (Å²) < 4.78 is 0.650. The topological polar surface area (TPSA) is 37.3 Å². The van der Waals surface area contributed by atoms with Crippen molar-refractivity contribution in [2.24, 2.45) is 0 Å². The molecule has 2 nitrogen and oxygen atoms in total.